The van der Waals surface area contributed by atoms with Crippen LogP contribution in [0.2, 0.25) is 13.1 Å². The summed E-state index contributed by atoms with van der Waals surface area (Å²) < 4.78 is 0. The van der Waals surface area contributed by atoms with E-state index in [0.29, 0.717) is 0 Å². The molecule has 35 heavy (non-hydrogen) atoms. The van der Waals surface area contributed by atoms with Crippen molar-refractivity contribution in [2.45, 2.75) is 26.2 Å². The van der Waals surface area contributed by atoms with Crippen LogP contribution in [0.1, 0.15) is 27.0 Å². The van der Waals surface area contributed by atoms with Crippen LogP contribution in [0.15, 0.2) is 97.1 Å². The predicted octanol–water partition coefficient (Wildman–Crippen LogP) is 5.33. The molecule has 0 unspecified atom stereocenters. The van der Waals surface area contributed by atoms with E-state index in [0.717, 1.165) is 35.6 Å². The third-order valence-corrected chi connectivity index (χ3v) is 10.8. The number of hydrogen-bond acceptors (Lipinski definition) is 3. The Balaban J connectivity index is 1.48. The Labute approximate surface area is 209 Å². The molecule has 1 heterocycles. The molecular weight excluding hydrogens is 444 g/mol. The van der Waals surface area contributed by atoms with Crippen molar-refractivity contribution in [1.29, 1.82) is 0 Å². The highest BCUT2D eigenvalue weighted by Crippen LogP contribution is 2.27. The monoisotopic (exact) mass is 476 g/mol. The van der Waals surface area contributed by atoms with Crippen molar-refractivity contribution in [3.8, 4) is 0 Å². The molecule has 0 bridgehead atoms. The third kappa shape index (κ3) is 4.42. The van der Waals surface area contributed by atoms with Gasteiger partial charge in [-0.3, -0.25) is 4.79 Å². The number of anilines is 2. The minimum Gasteiger partial charge on any atom is -0.370 e. The number of carbonyl (C=O) groups excluding carboxylic acids is 1. The summed E-state index contributed by atoms with van der Waals surface area (Å²) in [7, 11) is 2.16. The summed E-state index contributed by atoms with van der Waals surface area (Å²) in [5.41, 5.74) is 6.60. The van der Waals surface area contributed by atoms with Crippen LogP contribution in [0.25, 0.3) is 0 Å². The van der Waals surface area contributed by atoms with Gasteiger partial charge in [-0.15, -0.1) is 0 Å². The fraction of sp³-hybridized carbons (Fsp3) is 0.194. The summed E-state index contributed by atoms with van der Waals surface area (Å²) in [6, 6.07) is 33.8. The molecule has 0 aliphatic carbocycles. The van der Waals surface area contributed by atoms with Crippen LogP contribution in [-0.2, 0) is 13.1 Å². The van der Waals surface area contributed by atoms with E-state index in [4.69, 9.17) is 0 Å². The number of fused-ring (bicyclic) bond motifs is 2. The summed E-state index contributed by atoms with van der Waals surface area (Å²) in [5.74, 6) is 0.149. The average Bonchev–Trinajstić information content (AvgIpc) is 2.88. The van der Waals surface area contributed by atoms with Gasteiger partial charge in [0.2, 0.25) is 0 Å². The van der Waals surface area contributed by atoms with Gasteiger partial charge in [0.1, 0.15) is 8.07 Å². The summed E-state index contributed by atoms with van der Waals surface area (Å²) in [6.45, 7) is 6.42. The quantitative estimate of drug-likeness (QED) is 0.352. The van der Waals surface area contributed by atoms with Crippen LogP contribution in [0.3, 0.4) is 0 Å². The van der Waals surface area contributed by atoms with E-state index in [2.05, 4.69) is 110 Å². The molecule has 176 valence electrons. The van der Waals surface area contributed by atoms with Gasteiger partial charge in [0.25, 0.3) is 0 Å². The molecule has 0 radical (unpaired) electrons. The van der Waals surface area contributed by atoms with Crippen molar-refractivity contribution >= 4 is 35.6 Å². The fourth-order valence-corrected chi connectivity index (χ4v) is 8.20. The highest BCUT2D eigenvalue weighted by Gasteiger charge is 2.39. The number of ketones is 1. The van der Waals surface area contributed by atoms with Crippen molar-refractivity contribution in [3.05, 3.63) is 119 Å². The first-order valence-corrected chi connectivity index (χ1v) is 15.2. The lowest BCUT2D eigenvalue weighted by atomic mass is 10.0. The van der Waals surface area contributed by atoms with Gasteiger partial charge in [0.05, 0.1) is 0 Å². The van der Waals surface area contributed by atoms with Gasteiger partial charge in [-0.05, 0) is 57.9 Å². The van der Waals surface area contributed by atoms with E-state index in [-0.39, 0.29) is 5.78 Å². The molecule has 0 fully saturated rings. The highest BCUT2D eigenvalue weighted by atomic mass is 28.3. The second-order valence-electron chi connectivity index (χ2n) is 10.1. The maximum Gasteiger partial charge on any atom is 0.192 e. The molecule has 0 atom stereocenters. The van der Waals surface area contributed by atoms with E-state index < -0.39 is 8.07 Å². The molecule has 5 rings (SSSR count). The average molecular weight is 477 g/mol. The predicted molar refractivity (Wildman–Crippen MR) is 150 cm³/mol. The van der Waals surface area contributed by atoms with Gasteiger partial charge >= 0.3 is 0 Å². The van der Waals surface area contributed by atoms with Crippen molar-refractivity contribution in [2.24, 2.45) is 0 Å². The lowest BCUT2D eigenvalue weighted by molar-refractivity contribution is 0.104. The molecular formula is C31H32N2OSi. The zero-order chi connectivity index (χ0) is 24.6. The smallest absolute Gasteiger partial charge is 0.192 e. The number of benzene rings is 4. The molecule has 3 nitrogen and oxygen atoms in total. The highest BCUT2D eigenvalue weighted by molar-refractivity contribution is 7.02. The largest absolute Gasteiger partial charge is 0.370 e. The lowest BCUT2D eigenvalue weighted by Crippen LogP contribution is -2.60. The Hall–Kier alpha value is -3.63. The Morgan fingerprint density at radius 2 is 1.00 bits per heavy atom. The van der Waals surface area contributed by atoms with E-state index >= 15 is 0 Å². The summed E-state index contributed by atoms with van der Waals surface area (Å²) in [5, 5.41) is 2.46. The zero-order valence-corrected chi connectivity index (χ0v) is 22.0. The second kappa shape index (κ2) is 9.20. The Kier molecular flexibility index (Phi) is 6.08. The Morgan fingerprint density at radius 1 is 0.600 bits per heavy atom. The van der Waals surface area contributed by atoms with E-state index in [1.165, 1.54) is 21.5 Å². The molecule has 4 aromatic carbocycles. The maximum absolute atomic E-state index is 13.5. The van der Waals surface area contributed by atoms with Crippen LogP contribution >= 0.6 is 0 Å². The Morgan fingerprint density at radius 3 is 1.40 bits per heavy atom. The van der Waals surface area contributed by atoms with Gasteiger partial charge in [-0.25, -0.2) is 0 Å². The first-order valence-electron chi connectivity index (χ1n) is 12.2. The van der Waals surface area contributed by atoms with Crippen LogP contribution in [0, 0.1) is 0 Å². The van der Waals surface area contributed by atoms with Crippen LogP contribution in [-0.4, -0.2) is 28.0 Å². The van der Waals surface area contributed by atoms with Gasteiger partial charge in [0.15, 0.2) is 5.78 Å². The van der Waals surface area contributed by atoms with Gasteiger partial charge in [-0.1, -0.05) is 73.8 Å². The SMILES string of the molecule is CN(Cc1ccccc1)c1ccc2c(c1)[Si](C)(C)c1cc(N(C)Cc3ccccc3)ccc1C2=O. The number of nitrogens with zero attached hydrogens (tertiary/aromatic N) is 2. The minimum atomic E-state index is -2.09. The molecule has 4 aromatic rings. The van der Waals surface area contributed by atoms with E-state index in [1.807, 2.05) is 24.3 Å². The molecule has 0 saturated heterocycles. The molecule has 4 heteroatoms. The van der Waals surface area contributed by atoms with Crippen molar-refractivity contribution in [2.75, 3.05) is 23.9 Å². The standard InChI is InChI=1S/C31H32N2OSi/c1-32(21-23-11-7-5-8-12-23)25-15-17-27-29(19-25)35(3,4)30-20-26(16-18-28(30)31(27)34)33(2)22-24-13-9-6-10-14-24/h5-20H,21-22H2,1-4H3. The van der Waals surface area contributed by atoms with Crippen molar-refractivity contribution in [1.82, 2.24) is 0 Å². The van der Waals surface area contributed by atoms with Crippen LogP contribution in [0.4, 0.5) is 11.4 Å². The van der Waals surface area contributed by atoms with Gasteiger partial charge in [-0.2, -0.15) is 0 Å². The summed E-state index contributed by atoms with van der Waals surface area (Å²) in [6.07, 6.45) is 0. The fourth-order valence-electron chi connectivity index (χ4n) is 5.16. The van der Waals surface area contributed by atoms with Crippen molar-refractivity contribution < 1.29 is 4.79 Å². The molecule has 0 saturated carbocycles. The van der Waals surface area contributed by atoms with Crippen molar-refractivity contribution in [3.63, 3.8) is 0 Å². The van der Waals surface area contributed by atoms with Gasteiger partial charge < -0.3 is 9.80 Å². The molecule has 1 aliphatic heterocycles. The summed E-state index contributed by atoms with van der Waals surface area (Å²) >= 11 is 0. The lowest BCUT2D eigenvalue weighted by Gasteiger charge is -2.35. The topological polar surface area (TPSA) is 23.6 Å². The second-order valence-corrected chi connectivity index (χ2v) is 14.4. The van der Waals surface area contributed by atoms with Crippen LogP contribution < -0.4 is 20.2 Å². The first kappa shape index (κ1) is 23.1. The minimum absolute atomic E-state index is 0.149. The molecule has 0 N–H and O–H groups in total. The molecule has 0 aromatic heterocycles. The maximum atomic E-state index is 13.5. The third-order valence-electron chi connectivity index (χ3n) is 7.25. The van der Waals surface area contributed by atoms with E-state index in [1.54, 1.807) is 0 Å². The summed E-state index contributed by atoms with van der Waals surface area (Å²) in [4.78, 5) is 18.1. The number of rotatable bonds is 6. The van der Waals surface area contributed by atoms with Gasteiger partial charge in [0, 0.05) is 49.7 Å². The molecule has 1 aliphatic rings. The number of hydrogen-bond donors (Lipinski definition) is 0. The van der Waals surface area contributed by atoms with Crippen LogP contribution in [0.5, 0.6) is 0 Å². The Bertz CT molecular complexity index is 1260. The zero-order valence-electron chi connectivity index (χ0n) is 21.0. The molecule has 0 spiro atoms. The molecule has 0 amide bonds. The van der Waals surface area contributed by atoms with E-state index in [9.17, 15) is 4.79 Å². The first-order chi connectivity index (χ1) is 16.8. The number of carbonyl (C=O) groups is 1. The normalized spacial score (nSPS) is 13.7.